The quantitative estimate of drug-likeness (QED) is 0.467. The molecule has 0 aliphatic carbocycles. The van der Waals surface area contributed by atoms with Gasteiger partial charge in [0.25, 0.3) is 0 Å². The molecule has 0 unspecified atom stereocenters. The Hall–Kier alpha value is -1.42. The maximum absolute atomic E-state index is 15.1. The minimum absolute atomic E-state index is 0.0537. The zero-order valence-electron chi connectivity index (χ0n) is 19.7. The van der Waals surface area contributed by atoms with Crippen LogP contribution < -0.4 is 5.46 Å². The Morgan fingerprint density at radius 2 is 1.65 bits per heavy atom. The average molecular weight is 454 g/mol. The van der Waals surface area contributed by atoms with Crippen LogP contribution in [0.3, 0.4) is 0 Å². The highest BCUT2D eigenvalue weighted by Gasteiger charge is 2.52. The molecule has 5 nitrogen and oxygen atoms in total. The van der Waals surface area contributed by atoms with E-state index in [0.29, 0.717) is 17.9 Å². The second-order valence-electron chi connectivity index (χ2n) is 9.92. The van der Waals surface area contributed by atoms with Crippen molar-refractivity contribution in [1.82, 2.24) is 9.78 Å². The highest BCUT2D eigenvalue weighted by molar-refractivity contribution is 8.32. The lowest BCUT2D eigenvalue weighted by molar-refractivity contribution is 0.00578. The summed E-state index contributed by atoms with van der Waals surface area (Å²) in [5.41, 5.74) is 0.0731. The SMILES string of the molecule is Cc1nn(COCCS(C)(C)C)cc1-c1ccc(B2OC(C)(C)C(C)(C)O2)c(F)c1F. The predicted octanol–water partition coefficient (Wildman–Crippen LogP) is 4.10. The number of ether oxygens (including phenoxy) is 1. The summed E-state index contributed by atoms with van der Waals surface area (Å²) >= 11 is 0. The van der Waals surface area contributed by atoms with Crippen molar-refractivity contribution in [1.29, 1.82) is 0 Å². The van der Waals surface area contributed by atoms with E-state index < -0.39 is 40.0 Å². The number of aromatic nitrogens is 2. The number of benzene rings is 1. The molecule has 3 rings (SSSR count). The molecule has 2 heterocycles. The van der Waals surface area contributed by atoms with Crippen molar-refractivity contribution in [3.63, 3.8) is 0 Å². The summed E-state index contributed by atoms with van der Waals surface area (Å²) in [6, 6.07) is 3.08. The Labute approximate surface area is 185 Å². The van der Waals surface area contributed by atoms with E-state index in [9.17, 15) is 0 Å². The molecule has 0 N–H and O–H groups in total. The van der Waals surface area contributed by atoms with Gasteiger partial charge >= 0.3 is 7.12 Å². The number of halogens is 2. The lowest BCUT2D eigenvalue weighted by Crippen LogP contribution is -2.41. The Balaban J connectivity index is 1.79. The summed E-state index contributed by atoms with van der Waals surface area (Å²) in [7, 11) is -1.59. The lowest BCUT2D eigenvalue weighted by atomic mass is 9.78. The van der Waals surface area contributed by atoms with E-state index in [1.54, 1.807) is 23.9 Å². The monoisotopic (exact) mass is 454 g/mol. The molecule has 0 spiro atoms. The molecule has 0 amide bonds. The number of hydrogen-bond acceptors (Lipinski definition) is 4. The summed E-state index contributed by atoms with van der Waals surface area (Å²) in [5, 5.41) is 4.39. The number of rotatable bonds is 7. The van der Waals surface area contributed by atoms with Crippen molar-refractivity contribution in [3.05, 3.63) is 35.7 Å². The predicted molar refractivity (Wildman–Crippen MR) is 124 cm³/mol. The van der Waals surface area contributed by atoms with Crippen LogP contribution in [0.5, 0.6) is 0 Å². The maximum Gasteiger partial charge on any atom is 0.497 e. The van der Waals surface area contributed by atoms with Gasteiger partial charge in [0.15, 0.2) is 11.6 Å². The molecule has 1 aliphatic rings. The first kappa shape index (κ1) is 24.2. The zero-order chi connectivity index (χ0) is 23.2. The number of nitrogens with zero attached hydrogens (tertiary/aromatic N) is 2. The van der Waals surface area contributed by atoms with E-state index in [4.69, 9.17) is 14.0 Å². The molecule has 1 fully saturated rings. The van der Waals surface area contributed by atoms with Gasteiger partial charge < -0.3 is 14.0 Å². The standard InChI is InChI=1S/C22H33BF2N2O3S/c1-15-17(13-27(26-15)14-28-11-12-31(6,7)8)16-9-10-18(20(25)19(16)24)23-29-21(2,3)22(4,5)30-23/h9-10,13H,11-12,14H2,1-8H3. The molecule has 31 heavy (non-hydrogen) atoms. The fourth-order valence-corrected chi connectivity index (χ4v) is 3.86. The molecule has 0 atom stereocenters. The maximum atomic E-state index is 15.1. The van der Waals surface area contributed by atoms with E-state index in [1.165, 1.54) is 6.07 Å². The Bertz CT molecular complexity index is 941. The molecular formula is C22H33BF2N2O3S. The summed E-state index contributed by atoms with van der Waals surface area (Å²) in [5.74, 6) is -0.903. The van der Waals surface area contributed by atoms with Gasteiger partial charge in [-0.1, -0.05) is 12.1 Å². The van der Waals surface area contributed by atoms with Gasteiger partial charge in [0.05, 0.1) is 23.5 Å². The van der Waals surface area contributed by atoms with Crippen LogP contribution in [0.4, 0.5) is 8.78 Å². The zero-order valence-corrected chi connectivity index (χ0v) is 20.5. The Kier molecular flexibility index (Phi) is 6.64. The molecule has 172 valence electrons. The Morgan fingerprint density at radius 1 is 1.03 bits per heavy atom. The van der Waals surface area contributed by atoms with Crippen LogP contribution in [0.15, 0.2) is 18.3 Å². The third kappa shape index (κ3) is 5.16. The molecule has 2 aromatic rings. The van der Waals surface area contributed by atoms with Crippen LogP contribution in [0, 0.1) is 18.6 Å². The third-order valence-corrected chi connectivity index (χ3v) is 7.31. The molecular weight excluding hydrogens is 421 g/mol. The summed E-state index contributed by atoms with van der Waals surface area (Å²) in [4.78, 5) is 0. The fraction of sp³-hybridized carbons (Fsp3) is 0.591. The Morgan fingerprint density at radius 3 is 2.23 bits per heavy atom. The first-order valence-corrected chi connectivity index (χ1v) is 13.4. The van der Waals surface area contributed by atoms with E-state index in [2.05, 4.69) is 23.9 Å². The molecule has 0 bridgehead atoms. The van der Waals surface area contributed by atoms with Crippen molar-refractivity contribution in [2.45, 2.75) is 52.6 Å². The van der Waals surface area contributed by atoms with Crippen LogP contribution in [0.2, 0.25) is 0 Å². The average Bonchev–Trinajstić information content (AvgIpc) is 3.09. The van der Waals surface area contributed by atoms with Gasteiger partial charge in [-0.15, -0.1) is 0 Å². The van der Waals surface area contributed by atoms with Crippen LogP contribution >= 0.6 is 10.0 Å². The van der Waals surface area contributed by atoms with E-state index in [-0.39, 0.29) is 17.8 Å². The highest BCUT2D eigenvalue weighted by atomic mass is 32.3. The summed E-state index contributed by atoms with van der Waals surface area (Å²) in [6.45, 7) is 10.2. The first-order valence-electron chi connectivity index (χ1n) is 10.3. The van der Waals surface area contributed by atoms with Gasteiger partial charge in [-0.2, -0.15) is 5.10 Å². The van der Waals surface area contributed by atoms with E-state index >= 15 is 8.78 Å². The molecule has 0 saturated carbocycles. The normalized spacial score (nSPS) is 18.6. The summed E-state index contributed by atoms with van der Waals surface area (Å²) < 4.78 is 49.1. The fourth-order valence-electron chi connectivity index (χ4n) is 3.24. The van der Waals surface area contributed by atoms with E-state index in [0.717, 1.165) is 5.75 Å². The van der Waals surface area contributed by atoms with Crippen molar-refractivity contribution in [3.8, 4) is 11.1 Å². The van der Waals surface area contributed by atoms with Crippen molar-refractivity contribution >= 4 is 22.6 Å². The minimum Gasteiger partial charge on any atom is -0.399 e. The minimum atomic E-state index is -0.965. The number of hydrogen-bond donors (Lipinski definition) is 0. The van der Waals surface area contributed by atoms with Crippen LogP contribution in [0.25, 0.3) is 11.1 Å². The second kappa shape index (κ2) is 8.50. The van der Waals surface area contributed by atoms with Crippen molar-refractivity contribution < 1.29 is 22.8 Å². The van der Waals surface area contributed by atoms with Gasteiger partial charge in [0.1, 0.15) is 6.73 Å². The van der Waals surface area contributed by atoms with Gasteiger partial charge in [-0.05, 0) is 53.4 Å². The van der Waals surface area contributed by atoms with Crippen LogP contribution in [-0.2, 0) is 20.8 Å². The van der Waals surface area contributed by atoms with E-state index in [1.807, 2.05) is 27.7 Å². The largest absolute Gasteiger partial charge is 0.497 e. The molecule has 1 aromatic heterocycles. The van der Waals surface area contributed by atoms with Crippen molar-refractivity contribution in [2.24, 2.45) is 0 Å². The second-order valence-corrected chi connectivity index (χ2v) is 14.5. The highest BCUT2D eigenvalue weighted by Crippen LogP contribution is 2.37. The number of aryl methyl sites for hydroxylation is 1. The molecule has 0 radical (unpaired) electrons. The van der Waals surface area contributed by atoms with Gasteiger partial charge in [0.2, 0.25) is 0 Å². The van der Waals surface area contributed by atoms with Crippen LogP contribution in [0.1, 0.15) is 33.4 Å². The topological polar surface area (TPSA) is 45.5 Å². The lowest BCUT2D eigenvalue weighted by Gasteiger charge is -2.32. The summed E-state index contributed by atoms with van der Waals surface area (Å²) in [6.07, 6.45) is 8.39. The molecule has 1 aliphatic heterocycles. The first-order chi connectivity index (χ1) is 14.2. The smallest absolute Gasteiger partial charge is 0.399 e. The molecule has 9 heteroatoms. The molecule has 1 aromatic carbocycles. The third-order valence-electron chi connectivity index (χ3n) is 5.92. The van der Waals surface area contributed by atoms with Gasteiger partial charge in [-0.25, -0.2) is 23.5 Å². The molecule has 1 saturated heterocycles. The van der Waals surface area contributed by atoms with Crippen LogP contribution in [-0.4, -0.2) is 59.2 Å². The van der Waals surface area contributed by atoms with Crippen molar-refractivity contribution in [2.75, 3.05) is 31.1 Å². The van der Waals surface area contributed by atoms with Gasteiger partial charge in [0, 0.05) is 28.5 Å². The van der Waals surface area contributed by atoms with Gasteiger partial charge in [-0.3, -0.25) is 0 Å².